The van der Waals surface area contributed by atoms with Gasteiger partial charge < -0.3 is 10.1 Å². The van der Waals surface area contributed by atoms with E-state index in [4.69, 9.17) is 4.74 Å². The largest absolute Gasteiger partial charge is 0.487 e. The second kappa shape index (κ2) is 9.14. The molecule has 2 aromatic carbocycles. The van der Waals surface area contributed by atoms with Crippen LogP contribution in [0.4, 0.5) is 5.69 Å². The number of para-hydroxylation sites is 1. The van der Waals surface area contributed by atoms with Crippen molar-refractivity contribution in [1.29, 1.82) is 0 Å². The summed E-state index contributed by atoms with van der Waals surface area (Å²) in [6, 6.07) is 11.4. The number of benzene rings is 2. The summed E-state index contributed by atoms with van der Waals surface area (Å²) in [7, 11) is -3.66. The van der Waals surface area contributed by atoms with Crippen LogP contribution in [-0.4, -0.2) is 32.7 Å². The van der Waals surface area contributed by atoms with Gasteiger partial charge in [-0.3, -0.25) is 9.10 Å². The van der Waals surface area contributed by atoms with E-state index in [9.17, 15) is 13.2 Å². The highest BCUT2D eigenvalue weighted by molar-refractivity contribution is 7.92. The number of rotatable bonds is 7. The lowest BCUT2D eigenvalue weighted by molar-refractivity contribution is -0.121. The number of aryl methyl sites for hydroxylation is 3. The minimum absolute atomic E-state index is 0.242. The smallest absolute Gasteiger partial charge is 0.241 e. The van der Waals surface area contributed by atoms with Gasteiger partial charge in [0.25, 0.3) is 0 Å². The molecule has 0 aliphatic carbocycles. The van der Waals surface area contributed by atoms with Crippen molar-refractivity contribution in [3.8, 4) is 5.75 Å². The van der Waals surface area contributed by atoms with Gasteiger partial charge in [-0.15, -0.1) is 0 Å². The van der Waals surface area contributed by atoms with Crippen LogP contribution in [0.3, 0.4) is 0 Å². The number of nitrogens with one attached hydrogen (secondary N) is 1. The summed E-state index contributed by atoms with van der Waals surface area (Å²) in [4.78, 5) is 13.2. The topological polar surface area (TPSA) is 75.7 Å². The molecule has 6 nitrogen and oxygen atoms in total. The molecule has 1 N–H and O–H groups in total. The van der Waals surface area contributed by atoms with Crippen LogP contribution in [0.2, 0.25) is 0 Å². The van der Waals surface area contributed by atoms with Crippen molar-refractivity contribution in [1.82, 2.24) is 5.32 Å². The summed E-state index contributed by atoms with van der Waals surface area (Å²) in [6.45, 7) is 9.62. The monoisotopic (exact) mass is 458 g/mol. The number of fused-ring (bicyclic) bond motifs is 1. The fourth-order valence-corrected chi connectivity index (χ4v) is 5.70. The highest BCUT2D eigenvalue weighted by atomic mass is 32.2. The number of ether oxygens (including phenoxy) is 1. The normalized spacial score (nSPS) is 17.2. The fraction of sp³-hybridized carbons (Fsp3) is 0.480. The third kappa shape index (κ3) is 4.93. The van der Waals surface area contributed by atoms with E-state index in [0.29, 0.717) is 12.1 Å². The van der Waals surface area contributed by atoms with E-state index < -0.39 is 10.0 Å². The zero-order chi connectivity index (χ0) is 23.7. The van der Waals surface area contributed by atoms with Crippen molar-refractivity contribution in [2.45, 2.75) is 65.5 Å². The average molecular weight is 459 g/mol. The number of hydrogen-bond acceptors (Lipinski definition) is 4. The standard InChI is InChI=1S/C25H34N2O4S/c1-7-25(8-2)15-21(20-11-9-10-12-22(20)31-25)26-23(28)16-27(32(6,29)30)24-18(4)13-17(3)14-19(24)5/h9-14,21H,7-8,15-16H2,1-6H3,(H,26,28)/t21-/m0/s1. The van der Waals surface area contributed by atoms with Gasteiger partial charge in [-0.2, -0.15) is 0 Å². The summed E-state index contributed by atoms with van der Waals surface area (Å²) in [5.41, 5.74) is 3.84. The molecule has 1 amide bonds. The van der Waals surface area contributed by atoms with E-state index in [-0.39, 0.29) is 24.1 Å². The van der Waals surface area contributed by atoms with Crippen molar-refractivity contribution in [3.63, 3.8) is 0 Å². The van der Waals surface area contributed by atoms with Crippen LogP contribution in [0, 0.1) is 20.8 Å². The number of anilines is 1. The van der Waals surface area contributed by atoms with Crippen molar-refractivity contribution in [2.75, 3.05) is 17.1 Å². The van der Waals surface area contributed by atoms with Crippen LogP contribution in [0.1, 0.15) is 61.4 Å². The lowest BCUT2D eigenvalue weighted by Gasteiger charge is -2.41. The Morgan fingerprint density at radius 2 is 1.72 bits per heavy atom. The molecule has 3 rings (SSSR count). The first-order valence-corrected chi connectivity index (χ1v) is 13.0. The van der Waals surface area contributed by atoms with E-state index in [1.54, 1.807) is 0 Å². The van der Waals surface area contributed by atoms with Crippen molar-refractivity contribution >= 4 is 21.6 Å². The minimum atomic E-state index is -3.66. The van der Waals surface area contributed by atoms with E-state index >= 15 is 0 Å². The molecule has 1 aliphatic rings. The Morgan fingerprint density at radius 3 is 2.28 bits per heavy atom. The number of carbonyl (C=O) groups is 1. The maximum atomic E-state index is 13.2. The fourth-order valence-electron chi connectivity index (χ4n) is 4.73. The Kier molecular flexibility index (Phi) is 6.89. The summed E-state index contributed by atoms with van der Waals surface area (Å²) in [5, 5.41) is 3.10. The van der Waals surface area contributed by atoms with Crippen molar-refractivity contribution in [2.24, 2.45) is 0 Å². The molecule has 0 radical (unpaired) electrons. The van der Waals surface area contributed by atoms with Crippen molar-refractivity contribution < 1.29 is 17.9 Å². The Balaban J connectivity index is 1.90. The van der Waals surface area contributed by atoms with E-state index in [2.05, 4.69) is 19.2 Å². The first kappa shape index (κ1) is 24.1. The SMILES string of the molecule is CCC1(CC)C[C@H](NC(=O)CN(c2c(C)cc(C)cc2C)S(C)(=O)=O)c2ccccc2O1. The number of nitrogens with zero attached hydrogens (tertiary/aromatic N) is 1. The lowest BCUT2D eigenvalue weighted by atomic mass is 9.83. The molecule has 0 unspecified atom stereocenters. The molecule has 1 aliphatic heterocycles. The van der Waals surface area contributed by atoms with E-state index in [0.717, 1.165) is 47.1 Å². The highest BCUT2D eigenvalue weighted by Crippen LogP contribution is 2.42. The number of carbonyl (C=O) groups excluding carboxylic acids is 1. The summed E-state index contributed by atoms with van der Waals surface area (Å²) < 4.78 is 32.9. The zero-order valence-corrected chi connectivity index (χ0v) is 20.7. The molecule has 32 heavy (non-hydrogen) atoms. The molecule has 2 aromatic rings. The van der Waals surface area contributed by atoms with E-state index in [1.165, 1.54) is 4.31 Å². The van der Waals surface area contributed by atoms with E-state index in [1.807, 2.05) is 57.2 Å². The first-order valence-electron chi connectivity index (χ1n) is 11.1. The summed E-state index contributed by atoms with van der Waals surface area (Å²) >= 11 is 0. The number of amides is 1. The molecule has 0 fully saturated rings. The maximum Gasteiger partial charge on any atom is 0.241 e. The molecular formula is C25H34N2O4S. The summed E-state index contributed by atoms with van der Waals surface area (Å²) in [6.07, 6.45) is 3.43. The predicted molar refractivity (Wildman–Crippen MR) is 129 cm³/mol. The second-order valence-electron chi connectivity index (χ2n) is 8.87. The van der Waals surface area contributed by atoms with Gasteiger partial charge in [0, 0.05) is 12.0 Å². The summed E-state index contributed by atoms with van der Waals surface area (Å²) in [5.74, 6) is 0.440. The molecular weight excluding hydrogens is 424 g/mol. The quantitative estimate of drug-likeness (QED) is 0.659. The molecule has 0 bridgehead atoms. The van der Waals surface area contributed by atoms with Gasteiger partial charge in [0.05, 0.1) is 18.0 Å². The molecule has 0 aromatic heterocycles. The highest BCUT2D eigenvalue weighted by Gasteiger charge is 2.39. The van der Waals surface area contributed by atoms with Crippen LogP contribution in [-0.2, 0) is 14.8 Å². The van der Waals surface area contributed by atoms with Crippen LogP contribution < -0.4 is 14.4 Å². The van der Waals surface area contributed by atoms with Gasteiger partial charge in [-0.1, -0.05) is 49.7 Å². The van der Waals surface area contributed by atoms with Gasteiger partial charge in [-0.25, -0.2) is 8.42 Å². The van der Waals surface area contributed by atoms with Crippen LogP contribution in [0.25, 0.3) is 0 Å². The zero-order valence-electron chi connectivity index (χ0n) is 19.9. The van der Waals surface area contributed by atoms with Crippen LogP contribution >= 0.6 is 0 Å². The third-order valence-electron chi connectivity index (χ3n) is 6.39. The van der Waals surface area contributed by atoms with Crippen molar-refractivity contribution in [3.05, 3.63) is 58.7 Å². The predicted octanol–water partition coefficient (Wildman–Crippen LogP) is 4.58. The molecule has 0 saturated heterocycles. The Bertz CT molecular complexity index is 1080. The van der Waals surface area contributed by atoms with Gasteiger partial charge in [-0.05, 0) is 50.8 Å². The van der Waals surface area contributed by atoms with Gasteiger partial charge in [0.15, 0.2) is 0 Å². The average Bonchev–Trinajstić information content (AvgIpc) is 2.71. The Morgan fingerprint density at radius 1 is 1.12 bits per heavy atom. The third-order valence-corrected chi connectivity index (χ3v) is 7.51. The Labute approximate surface area is 192 Å². The molecule has 1 heterocycles. The molecule has 174 valence electrons. The van der Waals surface area contributed by atoms with Gasteiger partial charge in [0.2, 0.25) is 15.9 Å². The minimum Gasteiger partial charge on any atom is -0.487 e. The molecule has 0 saturated carbocycles. The molecule has 7 heteroatoms. The molecule has 0 spiro atoms. The first-order chi connectivity index (χ1) is 15.0. The van der Waals surface area contributed by atoms with Gasteiger partial charge in [0.1, 0.15) is 17.9 Å². The second-order valence-corrected chi connectivity index (χ2v) is 10.8. The maximum absolute atomic E-state index is 13.2. The van der Waals surface area contributed by atoms with Crippen LogP contribution in [0.5, 0.6) is 5.75 Å². The lowest BCUT2D eigenvalue weighted by Crippen LogP contribution is -2.47. The molecule has 1 atom stereocenters. The number of hydrogen-bond donors (Lipinski definition) is 1. The Hall–Kier alpha value is -2.54. The van der Waals surface area contributed by atoms with Gasteiger partial charge >= 0.3 is 0 Å². The van der Waals surface area contributed by atoms with Crippen LogP contribution in [0.15, 0.2) is 36.4 Å². The number of sulfonamides is 1.